The van der Waals surface area contributed by atoms with E-state index >= 15 is 0 Å². The normalized spacial score (nSPS) is 14.1. The molecule has 0 atom stereocenters. The first kappa shape index (κ1) is 23.5. The average molecular weight is 488 g/mol. The second kappa shape index (κ2) is 12.8. The predicted octanol–water partition coefficient (Wildman–Crippen LogP) is 3.02. The molecule has 1 aromatic rings. The number of guanidine groups is 1. The molecule has 0 unspecified atom stereocenters. The fraction of sp³-hybridized carbons (Fsp3) is 0.600. The van der Waals surface area contributed by atoms with Gasteiger partial charge in [-0.15, -0.1) is 24.0 Å². The number of carbonyl (C=O) groups excluding carboxylic acids is 1. The van der Waals surface area contributed by atoms with Gasteiger partial charge in [-0.05, 0) is 43.4 Å². The monoisotopic (exact) mass is 488 g/mol. The zero-order chi connectivity index (χ0) is 18.8. The van der Waals surface area contributed by atoms with Crippen molar-refractivity contribution in [2.75, 3.05) is 32.8 Å². The summed E-state index contributed by atoms with van der Waals surface area (Å²) in [5, 5.41) is 6.32. The summed E-state index contributed by atoms with van der Waals surface area (Å²) in [6.07, 6.45) is 2.22. The highest BCUT2D eigenvalue weighted by atomic mass is 127. The third kappa shape index (κ3) is 8.81. The summed E-state index contributed by atoms with van der Waals surface area (Å²) in [4.78, 5) is 18.6. The second-order valence-corrected chi connectivity index (χ2v) is 6.99. The molecule has 2 rings (SSSR count). The van der Waals surface area contributed by atoms with Crippen LogP contribution in [0.5, 0.6) is 5.75 Å². The minimum Gasteiger partial charge on any atom is -0.493 e. The molecular weight excluding hydrogens is 455 g/mol. The van der Waals surface area contributed by atoms with Gasteiger partial charge in [0.05, 0.1) is 19.7 Å². The summed E-state index contributed by atoms with van der Waals surface area (Å²) < 4.78 is 5.70. The standard InChI is InChI=1S/C20H32N4O2.HI/c1-4-21-20(23-14-19(25)24-11-5-6-12-24)22-13-17-7-9-18(10-8-17)26-15-16(2)3;/h7-10,16H,4-6,11-15H2,1-3H3,(H2,21,22,23);1H. The van der Waals surface area contributed by atoms with Gasteiger partial charge in [-0.2, -0.15) is 0 Å². The van der Waals surface area contributed by atoms with E-state index in [1.165, 1.54) is 0 Å². The Balaban J connectivity index is 0.00000364. The second-order valence-electron chi connectivity index (χ2n) is 6.99. The quantitative estimate of drug-likeness (QED) is 0.336. The predicted molar refractivity (Wildman–Crippen MR) is 121 cm³/mol. The lowest BCUT2D eigenvalue weighted by molar-refractivity contribution is -0.128. The number of halogens is 1. The molecule has 1 aromatic carbocycles. The highest BCUT2D eigenvalue weighted by Gasteiger charge is 2.17. The number of aliphatic imine (C=N–C) groups is 1. The molecule has 0 radical (unpaired) electrons. The lowest BCUT2D eigenvalue weighted by Gasteiger charge is -2.17. The van der Waals surface area contributed by atoms with Crippen molar-refractivity contribution in [2.24, 2.45) is 10.9 Å². The summed E-state index contributed by atoms with van der Waals surface area (Å²) in [6.45, 7) is 10.3. The molecule has 0 saturated carbocycles. The maximum absolute atomic E-state index is 12.1. The summed E-state index contributed by atoms with van der Waals surface area (Å²) in [6, 6.07) is 8.01. The van der Waals surface area contributed by atoms with Crippen LogP contribution in [0.2, 0.25) is 0 Å². The molecule has 27 heavy (non-hydrogen) atoms. The van der Waals surface area contributed by atoms with Crippen molar-refractivity contribution < 1.29 is 9.53 Å². The van der Waals surface area contributed by atoms with Gasteiger partial charge in [0.15, 0.2) is 5.96 Å². The molecule has 0 spiro atoms. The van der Waals surface area contributed by atoms with Crippen LogP contribution in [0.3, 0.4) is 0 Å². The van der Waals surface area contributed by atoms with Crippen LogP contribution >= 0.6 is 24.0 Å². The van der Waals surface area contributed by atoms with E-state index in [1.807, 2.05) is 36.1 Å². The number of likely N-dealkylation sites (tertiary alicyclic amines) is 1. The average Bonchev–Trinajstić information content (AvgIpc) is 3.17. The van der Waals surface area contributed by atoms with Crippen molar-refractivity contribution in [3.05, 3.63) is 29.8 Å². The Morgan fingerprint density at radius 1 is 1.19 bits per heavy atom. The number of nitrogens with one attached hydrogen (secondary N) is 2. The lowest BCUT2D eigenvalue weighted by Crippen LogP contribution is -2.44. The van der Waals surface area contributed by atoms with Gasteiger partial charge in [-0.1, -0.05) is 26.0 Å². The molecule has 1 fully saturated rings. The van der Waals surface area contributed by atoms with Gasteiger partial charge in [0.2, 0.25) is 5.91 Å². The van der Waals surface area contributed by atoms with E-state index in [-0.39, 0.29) is 36.4 Å². The van der Waals surface area contributed by atoms with Gasteiger partial charge in [0.1, 0.15) is 5.75 Å². The molecule has 2 N–H and O–H groups in total. The first-order chi connectivity index (χ1) is 12.6. The van der Waals surface area contributed by atoms with E-state index < -0.39 is 0 Å². The molecule has 0 aromatic heterocycles. The smallest absolute Gasteiger partial charge is 0.241 e. The molecule has 0 bridgehead atoms. The Labute approximate surface area is 180 Å². The van der Waals surface area contributed by atoms with E-state index in [2.05, 4.69) is 29.5 Å². The van der Waals surface area contributed by atoms with Gasteiger partial charge in [0, 0.05) is 19.6 Å². The Morgan fingerprint density at radius 2 is 1.85 bits per heavy atom. The minimum atomic E-state index is 0. The van der Waals surface area contributed by atoms with Gasteiger partial charge >= 0.3 is 0 Å². The maximum Gasteiger partial charge on any atom is 0.241 e. The SMILES string of the molecule is CCNC(=NCc1ccc(OCC(C)C)cc1)NCC(=O)N1CCCC1.I. The van der Waals surface area contributed by atoms with Crippen molar-refractivity contribution in [3.63, 3.8) is 0 Å². The molecule has 0 aliphatic carbocycles. The van der Waals surface area contributed by atoms with E-state index in [0.29, 0.717) is 18.4 Å². The molecule has 1 aliphatic rings. The Morgan fingerprint density at radius 3 is 2.44 bits per heavy atom. The van der Waals surface area contributed by atoms with Crippen molar-refractivity contribution in [3.8, 4) is 5.75 Å². The van der Waals surface area contributed by atoms with Crippen LogP contribution in [0, 0.1) is 5.92 Å². The Bertz CT molecular complexity index is 584. The zero-order valence-electron chi connectivity index (χ0n) is 16.7. The molecule has 1 amide bonds. The number of hydrogen-bond acceptors (Lipinski definition) is 3. The van der Waals surface area contributed by atoms with Crippen LogP contribution in [-0.2, 0) is 11.3 Å². The summed E-state index contributed by atoms with van der Waals surface area (Å²) in [5.74, 6) is 2.20. The molecule has 1 saturated heterocycles. The van der Waals surface area contributed by atoms with Crippen molar-refractivity contribution >= 4 is 35.8 Å². The lowest BCUT2D eigenvalue weighted by atomic mass is 10.2. The molecule has 6 nitrogen and oxygen atoms in total. The Hall–Kier alpha value is -1.51. The number of carbonyl (C=O) groups is 1. The van der Waals surface area contributed by atoms with Crippen LogP contribution in [0.1, 0.15) is 39.2 Å². The number of amides is 1. The highest BCUT2D eigenvalue weighted by molar-refractivity contribution is 14.0. The van der Waals surface area contributed by atoms with Gasteiger partial charge in [-0.3, -0.25) is 4.79 Å². The number of nitrogens with zero attached hydrogens (tertiary/aromatic N) is 2. The third-order valence-electron chi connectivity index (χ3n) is 4.14. The van der Waals surface area contributed by atoms with Crippen LogP contribution in [0.4, 0.5) is 0 Å². The fourth-order valence-electron chi connectivity index (χ4n) is 2.70. The number of hydrogen-bond donors (Lipinski definition) is 2. The molecule has 1 aliphatic heterocycles. The number of benzene rings is 1. The first-order valence-corrected chi connectivity index (χ1v) is 9.60. The van der Waals surface area contributed by atoms with Crippen LogP contribution < -0.4 is 15.4 Å². The largest absolute Gasteiger partial charge is 0.493 e. The van der Waals surface area contributed by atoms with Crippen LogP contribution in [-0.4, -0.2) is 49.6 Å². The van der Waals surface area contributed by atoms with E-state index in [0.717, 1.165) is 50.4 Å². The first-order valence-electron chi connectivity index (χ1n) is 9.60. The van der Waals surface area contributed by atoms with Crippen LogP contribution in [0.15, 0.2) is 29.3 Å². The number of ether oxygens (including phenoxy) is 1. The summed E-state index contributed by atoms with van der Waals surface area (Å²) >= 11 is 0. The van der Waals surface area contributed by atoms with Gasteiger partial charge in [-0.25, -0.2) is 4.99 Å². The third-order valence-corrected chi connectivity index (χ3v) is 4.14. The van der Waals surface area contributed by atoms with Crippen molar-refractivity contribution in [1.29, 1.82) is 0 Å². The maximum atomic E-state index is 12.1. The zero-order valence-corrected chi connectivity index (χ0v) is 19.0. The van der Waals surface area contributed by atoms with Crippen molar-refractivity contribution in [1.82, 2.24) is 15.5 Å². The van der Waals surface area contributed by atoms with Gasteiger partial charge in [0.25, 0.3) is 0 Å². The topological polar surface area (TPSA) is 66.0 Å². The highest BCUT2D eigenvalue weighted by Crippen LogP contribution is 2.14. The van der Waals surface area contributed by atoms with Crippen molar-refractivity contribution in [2.45, 2.75) is 40.2 Å². The van der Waals surface area contributed by atoms with Gasteiger partial charge < -0.3 is 20.3 Å². The summed E-state index contributed by atoms with van der Waals surface area (Å²) in [7, 11) is 0. The van der Waals surface area contributed by atoms with E-state index in [4.69, 9.17) is 4.74 Å². The minimum absolute atomic E-state index is 0. The molecule has 7 heteroatoms. The molecular formula is C20H33IN4O2. The van der Waals surface area contributed by atoms with E-state index in [9.17, 15) is 4.79 Å². The number of rotatable bonds is 8. The Kier molecular flexibility index (Phi) is 11.2. The summed E-state index contributed by atoms with van der Waals surface area (Å²) in [5.41, 5.74) is 1.10. The van der Waals surface area contributed by atoms with E-state index in [1.54, 1.807) is 0 Å². The molecule has 152 valence electrons. The fourth-order valence-corrected chi connectivity index (χ4v) is 2.70. The van der Waals surface area contributed by atoms with Crippen LogP contribution in [0.25, 0.3) is 0 Å². The molecule has 1 heterocycles.